The van der Waals surface area contributed by atoms with E-state index in [0.29, 0.717) is 6.10 Å². The molecular formula is C12H26N2O2. The molecule has 2 N–H and O–H groups in total. The van der Waals surface area contributed by atoms with Gasteiger partial charge in [0.25, 0.3) is 0 Å². The predicted octanol–water partition coefficient (Wildman–Crippen LogP) is 0.458. The monoisotopic (exact) mass is 230 g/mol. The minimum atomic E-state index is -0.190. The van der Waals surface area contributed by atoms with Gasteiger partial charge in [-0.2, -0.15) is 0 Å². The van der Waals surface area contributed by atoms with Crippen LogP contribution < -0.4 is 5.32 Å². The summed E-state index contributed by atoms with van der Waals surface area (Å²) in [6, 6.07) is 0. The van der Waals surface area contributed by atoms with Gasteiger partial charge in [0.15, 0.2) is 0 Å². The van der Waals surface area contributed by atoms with Crippen molar-refractivity contribution in [1.82, 2.24) is 10.2 Å². The van der Waals surface area contributed by atoms with Gasteiger partial charge in [-0.1, -0.05) is 13.8 Å². The highest BCUT2D eigenvalue weighted by atomic mass is 16.5. The van der Waals surface area contributed by atoms with Crippen LogP contribution in [0.1, 0.15) is 27.2 Å². The molecule has 0 radical (unpaired) electrons. The van der Waals surface area contributed by atoms with Crippen LogP contribution in [0, 0.1) is 0 Å². The number of likely N-dealkylation sites (N-methyl/N-ethyl adjacent to an activating group) is 1. The lowest BCUT2D eigenvalue weighted by Gasteiger charge is -2.39. The van der Waals surface area contributed by atoms with E-state index in [0.717, 1.165) is 39.2 Å². The van der Waals surface area contributed by atoms with E-state index in [1.165, 1.54) is 0 Å². The van der Waals surface area contributed by atoms with Gasteiger partial charge in [-0.3, -0.25) is 4.90 Å². The third kappa shape index (κ3) is 4.01. The van der Waals surface area contributed by atoms with Crippen molar-refractivity contribution >= 4 is 0 Å². The molecule has 0 spiro atoms. The van der Waals surface area contributed by atoms with Crippen LogP contribution in [0.15, 0.2) is 0 Å². The maximum Gasteiger partial charge on any atom is 0.0700 e. The topological polar surface area (TPSA) is 44.7 Å². The molecule has 4 heteroatoms. The summed E-state index contributed by atoms with van der Waals surface area (Å²) in [6.45, 7) is 11.0. The summed E-state index contributed by atoms with van der Waals surface area (Å²) in [5, 5.41) is 12.8. The third-order valence-electron chi connectivity index (χ3n) is 3.20. The Kier molecular flexibility index (Phi) is 5.69. The summed E-state index contributed by atoms with van der Waals surface area (Å²) in [7, 11) is 0. The molecule has 0 aromatic carbocycles. The average molecular weight is 230 g/mol. The summed E-state index contributed by atoms with van der Waals surface area (Å²) >= 11 is 0. The number of nitrogens with zero attached hydrogens (tertiary/aromatic N) is 1. The van der Waals surface area contributed by atoms with Crippen LogP contribution in [-0.2, 0) is 4.74 Å². The third-order valence-corrected chi connectivity index (χ3v) is 3.20. The smallest absolute Gasteiger partial charge is 0.0700 e. The van der Waals surface area contributed by atoms with Gasteiger partial charge in [0.2, 0.25) is 0 Å². The predicted molar refractivity (Wildman–Crippen MR) is 65.6 cm³/mol. The minimum Gasteiger partial charge on any atom is -0.394 e. The normalized spacial score (nSPS) is 26.6. The average Bonchev–Trinajstić information content (AvgIpc) is 2.29. The summed E-state index contributed by atoms with van der Waals surface area (Å²) in [5.74, 6) is 0. The fourth-order valence-corrected chi connectivity index (χ4v) is 2.25. The van der Waals surface area contributed by atoms with E-state index in [4.69, 9.17) is 4.74 Å². The molecule has 0 aromatic rings. The summed E-state index contributed by atoms with van der Waals surface area (Å²) in [4.78, 5) is 2.39. The Morgan fingerprint density at radius 2 is 2.25 bits per heavy atom. The van der Waals surface area contributed by atoms with Crippen LogP contribution in [0.25, 0.3) is 0 Å². The van der Waals surface area contributed by atoms with E-state index in [-0.39, 0.29) is 12.1 Å². The van der Waals surface area contributed by atoms with E-state index in [1.807, 2.05) is 0 Å². The van der Waals surface area contributed by atoms with E-state index < -0.39 is 0 Å². The number of rotatable bonds is 6. The van der Waals surface area contributed by atoms with Gasteiger partial charge < -0.3 is 15.2 Å². The van der Waals surface area contributed by atoms with Crippen molar-refractivity contribution in [3.63, 3.8) is 0 Å². The molecule has 2 atom stereocenters. The second-order valence-corrected chi connectivity index (χ2v) is 4.89. The Hall–Kier alpha value is -0.160. The van der Waals surface area contributed by atoms with Crippen LogP contribution in [0.3, 0.4) is 0 Å². The molecule has 1 fully saturated rings. The SMILES string of the molecule is CCNC(C)(CO)CN1CCOC(CC)C1. The maximum absolute atomic E-state index is 9.45. The lowest BCUT2D eigenvalue weighted by Crippen LogP contribution is -2.56. The van der Waals surface area contributed by atoms with Crippen LogP contribution in [0.5, 0.6) is 0 Å². The molecular weight excluding hydrogens is 204 g/mol. The quantitative estimate of drug-likeness (QED) is 0.696. The van der Waals surface area contributed by atoms with E-state index >= 15 is 0 Å². The van der Waals surface area contributed by atoms with Gasteiger partial charge >= 0.3 is 0 Å². The summed E-state index contributed by atoms with van der Waals surface area (Å²) in [6.07, 6.45) is 1.42. The first-order valence-corrected chi connectivity index (χ1v) is 6.33. The van der Waals surface area contributed by atoms with Crippen LogP contribution in [0.4, 0.5) is 0 Å². The number of aliphatic hydroxyl groups is 1. The number of hydrogen-bond acceptors (Lipinski definition) is 4. The van der Waals surface area contributed by atoms with Crippen LogP contribution >= 0.6 is 0 Å². The molecule has 1 saturated heterocycles. The molecule has 1 rings (SSSR count). The number of morpholine rings is 1. The first kappa shape index (κ1) is 13.9. The molecule has 0 aliphatic carbocycles. The lowest BCUT2D eigenvalue weighted by molar-refractivity contribution is -0.0401. The highest BCUT2D eigenvalue weighted by Gasteiger charge is 2.28. The molecule has 4 nitrogen and oxygen atoms in total. The van der Waals surface area contributed by atoms with Gasteiger partial charge in [-0.05, 0) is 19.9 Å². The number of nitrogens with one attached hydrogen (secondary N) is 1. The van der Waals surface area contributed by atoms with Crippen LogP contribution in [0.2, 0.25) is 0 Å². The molecule has 1 aliphatic heterocycles. The first-order valence-electron chi connectivity index (χ1n) is 6.33. The fourth-order valence-electron chi connectivity index (χ4n) is 2.25. The standard InChI is InChI=1S/C12H26N2O2/c1-4-11-8-14(6-7-16-11)9-12(3,10-15)13-5-2/h11,13,15H,4-10H2,1-3H3. The Bertz CT molecular complexity index is 201. The zero-order valence-electron chi connectivity index (χ0n) is 10.8. The van der Waals surface area contributed by atoms with Crippen LogP contribution in [-0.4, -0.2) is 61.0 Å². The zero-order chi connectivity index (χ0) is 12.0. The second kappa shape index (κ2) is 6.55. The second-order valence-electron chi connectivity index (χ2n) is 4.89. The Balaban J connectivity index is 2.44. The number of aliphatic hydroxyl groups excluding tert-OH is 1. The molecule has 0 saturated carbocycles. The van der Waals surface area contributed by atoms with E-state index in [2.05, 4.69) is 31.0 Å². The Labute approximate surface area is 99.0 Å². The van der Waals surface area contributed by atoms with Crippen molar-refractivity contribution in [3.8, 4) is 0 Å². The van der Waals surface area contributed by atoms with Gasteiger partial charge in [-0.15, -0.1) is 0 Å². The van der Waals surface area contributed by atoms with Gasteiger partial charge in [0.1, 0.15) is 0 Å². The molecule has 1 aliphatic rings. The Morgan fingerprint density at radius 3 is 2.81 bits per heavy atom. The van der Waals surface area contributed by atoms with Gasteiger partial charge in [0.05, 0.1) is 24.9 Å². The largest absolute Gasteiger partial charge is 0.394 e. The molecule has 0 bridgehead atoms. The molecule has 0 aromatic heterocycles. The van der Waals surface area contributed by atoms with Crippen molar-refractivity contribution in [2.45, 2.75) is 38.8 Å². The number of ether oxygens (including phenoxy) is 1. The molecule has 2 unspecified atom stereocenters. The maximum atomic E-state index is 9.45. The number of hydrogen-bond donors (Lipinski definition) is 2. The highest BCUT2D eigenvalue weighted by molar-refractivity contribution is 4.87. The summed E-state index contributed by atoms with van der Waals surface area (Å²) < 4.78 is 5.64. The van der Waals surface area contributed by atoms with Crippen molar-refractivity contribution in [2.24, 2.45) is 0 Å². The molecule has 16 heavy (non-hydrogen) atoms. The zero-order valence-corrected chi connectivity index (χ0v) is 10.8. The van der Waals surface area contributed by atoms with E-state index in [1.54, 1.807) is 0 Å². The van der Waals surface area contributed by atoms with Crippen molar-refractivity contribution < 1.29 is 9.84 Å². The summed E-state index contributed by atoms with van der Waals surface area (Å²) in [5.41, 5.74) is -0.190. The highest BCUT2D eigenvalue weighted by Crippen LogP contribution is 2.12. The molecule has 1 heterocycles. The van der Waals surface area contributed by atoms with Crippen molar-refractivity contribution in [1.29, 1.82) is 0 Å². The minimum absolute atomic E-state index is 0.176. The first-order chi connectivity index (χ1) is 7.63. The van der Waals surface area contributed by atoms with E-state index in [9.17, 15) is 5.11 Å². The Morgan fingerprint density at radius 1 is 1.50 bits per heavy atom. The molecule has 96 valence electrons. The fraction of sp³-hybridized carbons (Fsp3) is 1.00. The van der Waals surface area contributed by atoms with Gasteiger partial charge in [-0.25, -0.2) is 0 Å². The lowest BCUT2D eigenvalue weighted by atomic mass is 10.0. The van der Waals surface area contributed by atoms with Crippen molar-refractivity contribution in [3.05, 3.63) is 0 Å². The van der Waals surface area contributed by atoms with Crippen molar-refractivity contribution in [2.75, 3.05) is 39.4 Å². The molecule has 0 amide bonds. The van der Waals surface area contributed by atoms with Gasteiger partial charge in [0, 0.05) is 19.6 Å².